The Balaban J connectivity index is 1.91. The molecular weight excluding hydrogens is 278 g/mol. The highest BCUT2D eigenvalue weighted by atomic mass is 16.5. The third kappa shape index (κ3) is 7.06. The van der Waals surface area contributed by atoms with Crippen molar-refractivity contribution in [1.82, 2.24) is 0 Å². The van der Waals surface area contributed by atoms with Gasteiger partial charge in [0.05, 0.1) is 19.1 Å². The van der Waals surface area contributed by atoms with Crippen molar-refractivity contribution in [3.8, 4) is 6.07 Å². The van der Waals surface area contributed by atoms with E-state index in [2.05, 4.69) is 10.8 Å². The van der Waals surface area contributed by atoms with Crippen molar-refractivity contribution in [2.75, 3.05) is 7.11 Å². The maximum absolute atomic E-state index is 11.7. The predicted octanol–water partition coefficient (Wildman–Crippen LogP) is 4.18. The highest BCUT2D eigenvalue weighted by molar-refractivity contribution is 5.83. The van der Waals surface area contributed by atoms with Crippen LogP contribution < -0.4 is 0 Å². The highest BCUT2D eigenvalue weighted by Crippen LogP contribution is 2.32. The third-order valence-electron chi connectivity index (χ3n) is 4.64. The van der Waals surface area contributed by atoms with Crippen molar-refractivity contribution in [3.05, 3.63) is 0 Å². The number of ketones is 1. The second kappa shape index (κ2) is 11.2. The van der Waals surface area contributed by atoms with E-state index in [-0.39, 0.29) is 17.8 Å². The lowest BCUT2D eigenvalue weighted by molar-refractivity contribution is -0.140. The van der Waals surface area contributed by atoms with Gasteiger partial charge in [-0.2, -0.15) is 5.26 Å². The summed E-state index contributed by atoms with van der Waals surface area (Å²) < 4.78 is 4.60. The Labute approximate surface area is 134 Å². The van der Waals surface area contributed by atoms with E-state index in [1.54, 1.807) is 0 Å². The van der Waals surface area contributed by atoms with Crippen LogP contribution in [0, 0.1) is 23.2 Å². The molecule has 1 aliphatic rings. The van der Waals surface area contributed by atoms with Crippen LogP contribution in [0.4, 0.5) is 0 Å². The summed E-state index contributed by atoms with van der Waals surface area (Å²) in [5.74, 6) is 0.180. The Kier molecular flexibility index (Phi) is 9.54. The summed E-state index contributed by atoms with van der Waals surface area (Å²) >= 11 is 0. The van der Waals surface area contributed by atoms with Gasteiger partial charge in [0, 0.05) is 18.8 Å². The number of carbonyl (C=O) groups is 2. The molecule has 0 unspecified atom stereocenters. The molecule has 0 aliphatic heterocycles. The van der Waals surface area contributed by atoms with E-state index in [9.17, 15) is 9.59 Å². The predicted molar refractivity (Wildman–Crippen MR) is 85.0 cm³/mol. The van der Waals surface area contributed by atoms with E-state index in [1.807, 2.05) is 0 Å². The van der Waals surface area contributed by atoms with Gasteiger partial charge in [-0.3, -0.25) is 9.59 Å². The van der Waals surface area contributed by atoms with Crippen LogP contribution in [0.1, 0.15) is 77.0 Å². The van der Waals surface area contributed by atoms with Crippen molar-refractivity contribution in [3.63, 3.8) is 0 Å². The van der Waals surface area contributed by atoms with Crippen LogP contribution in [0.3, 0.4) is 0 Å². The number of carbonyl (C=O) groups excluding carboxylic acids is 2. The molecule has 2 atom stereocenters. The molecule has 0 saturated heterocycles. The van der Waals surface area contributed by atoms with Crippen LogP contribution in [0.2, 0.25) is 0 Å². The first-order valence-corrected chi connectivity index (χ1v) is 8.68. The first-order valence-electron chi connectivity index (χ1n) is 8.68. The lowest BCUT2D eigenvalue weighted by atomic mass is 9.91. The van der Waals surface area contributed by atoms with Crippen molar-refractivity contribution in [2.45, 2.75) is 77.0 Å². The van der Waals surface area contributed by atoms with Gasteiger partial charge < -0.3 is 4.74 Å². The normalized spacial score (nSPS) is 20.8. The zero-order chi connectivity index (χ0) is 16.2. The average molecular weight is 307 g/mol. The van der Waals surface area contributed by atoms with E-state index in [4.69, 9.17) is 5.26 Å². The van der Waals surface area contributed by atoms with Gasteiger partial charge in [0.2, 0.25) is 0 Å². The first-order chi connectivity index (χ1) is 10.7. The van der Waals surface area contributed by atoms with Crippen LogP contribution in [0.25, 0.3) is 0 Å². The van der Waals surface area contributed by atoms with Crippen molar-refractivity contribution in [2.24, 2.45) is 11.8 Å². The molecule has 0 aromatic rings. The molecule has 124 valence electrons. The van der Waals surface area contributed by atoms with Crippen molar-refractivity contribution in [1.29, 1.82) is 5.26 Å². The Morgan fingerprint density at radius 1 is 1.14 bits per heavy atom. The molecule has 4 nitrogen and oxygen atoms in total. The van der Waals surface area contributed by atoms with E-state index >= 15 is 0 Å². The molecule has 1 rings (SSSR count). The summed E-state index contributed by atoms with van der Waals surface area (Å²) in [4.78, 5) is 22.6. The first kappa shape index (κ1) is 18.7. The average Bonchev–Trinajstić information content (AvgIpc) is 2.89. The fourth-order valence-electron chi connectivity index (χ4n) is 3.22. The number of hydrogen-bond donors (Lipinski definition) is 0. The molecule has 22 heavy (non-hydrogen) atoms. The van der Waals surface area contributed by atoms with E-state index in [0.717, 1.165) is 38.5 Å². The number of rotatable bonds is 11. The lowest BCUT2D eigenvalue weighted by Gasteiger charge is -2.11. The summed E-state index contributed by atoms with van der Waals surface area (Å²) in [6.45, 7) is 0. The second-order valence-corrected chi connectivity index (χ2v) is 6.29. The molecule has 4 heteroatoms. The molecule has 0 N–H and O–H groups in total. The third-order valence-corrected chi connectivity index (χ3v) is 4.64. The minimum absolute atomic E-state index is 0.0170. The van der Waals surface area contributed by atoms with E-state index in [1.165, 1.54) is 32.8 Å². The number of Topliss-reactive ketones (excluding diaryl/α,β-unsaturated/α-hetero) is 1. The standard InChI is InChI=1S/C18H29NO3/c1-22-18(21)11-9-7-5-3-2-4-6-8-10-16-15(14-19)12-13-17(16)20/h15-16H,2-13H2,1H3/t15-,16-/m0/s1. The number of methoxy groups -OCH3 is 1. The molecule has 0 bridgehead atoms. The highest BCUT2D eigenvalue weighted by Gasteiger charge is 2.33. The number of esters is 1. The van der Waals surface area contributed by atoms with Gasteiger partial charge in [0.15, 0.2) is 0 Å². The van der Waals surface area contributed by atoms with E-state index < -0.39 is 0 Å². The maximum atomic E-state index is 11.7. The van der Waals surface area contributed by atoms with Gasteiger partial charge in [-0.15, -0.1) is 0 Å². The minimum atomic E-state index is -0.114. The molecule has 0 heterocycles. The Morgan fingerprint density at radius 2 is 1.73 bits per heavy atom. The number of hydrogen-bond acceptors (Lipinski definition) is 4. The van der Waals surface area contributed by atoms with Gasteiger partial charge in [-0.1, -0.05) is 44.9 Å². The van der Waals surface area contributed by atoms with Crippen molar-refractivity contribution >= 4 is 11.8 Å². The van der Waals surface area contributed by atoms with Gasteiger partial charge in [0.25, 0.3) is 0 Å². The largest absolute Gasteiger partial charge is 0.469 e. The van der Waals surface area contributed by atoms with Gasteiger partial charge in [-0.25, -0.2) is 0 Å². The summed E-state index contributed by atoms with van der Waals surface area (Å²) in [6.07, 6.45) is 11.9. The molecule has 1 saturated carbocycles. The molecule has 0 spiro atoms. The summed E-state index contributed by atoms with van der Waals surface area (Å²) in [5.41, 5.74) is 0. The fraction of sp³-hybridized carbons (Fsp3) is 0.833. The molecule has 0 amide bonds. The number of ether oxygens (including phenoxy) is 1. The van der Waals surface area contributed by atoms with Crippen LogP contribution in [-0.2, 0) is 14.3 Å². The molecule has 1 fully saturated rings. The zero-order valence-corrected chi connectivity index (χ0v) is 13.8. The number of unbranched alkanes of at least 4 members (excludes halogenated alkanes) is 7. The van der Waals surface area contributed by atoms with Gasteiger partial charge in [0.1, 0.15) is 5.78 Å². The van der Waals surface area contributed by atoms with Gasteiger partial charge >= 0.3 is 5.97 Å². The van der Waals surface area contributed by atoms with Crippen LogP contribution in [0.5, 0.6) is 0 Å². The van der Waals surface area contributed by atoms with Crippen LogP contribution in [0.15, 0.2) is 0 Å². The molecule has 1 aliphatic carbocycles. The maximum Gasteiger partial charge on any atom is 0.305 e. The number of nitrogens with zero attached hydrogens (tertiary/aromatic N) is 1. The summed E-state index contributed by atoms with van der Waals surface area (Å²) in [5, 5.41) is 9.02. The topological polar surface area (TPSA) is 67.2 Å². The fourth-order valence-corrected chi connectivity index (χ4v) is 3.22. The quantitative estimate of drug-likeness (QED) is 0.424. The van der Waals surface area contributed by atoms with E-state index in [0.29, 0.717) is 18.6 Å². The summed E-state index contributed by atoms with van der Waals surface area (Å²) in [6, 6.07) is 2.28. The molecule has 0 radical (unpaired) electrons. The smallest absolute Gasteiger partial charge is 0.305 e. The Hall–Kier alpha value is -1.37. The van der Waals surface area contributed by atoms with Gasteiger partial charge in [-0.05, 0) is 19.3 Å². The monoisotopic (exact) mass is 307 g/mol. The van der Waals surface area contributed by atoms with Crippen molar-refractivity contribution < 1.29 is 14.3 Å². The van der Waals surface area contributed by atoms with Crippen LogP contribution >= 0.6 is 0 Å². The SMILES string of the molecule is COC(=O)CCCCCCCCCC[C@@H]1C(=O)CC[C@H]1C#N. The Morgan fingerprint density at radius 3 is 2.32 bits per heavy atom. The van der Waals surface area contributed by atoms with Crippen LogP contribution in [-0.4, -0.2) is 18.9 Å². The molecular formula is C18H29NO3. The lowest BCUT2D eigenvalue weighted by Crippen LogP contribution is -2.13. The molecule has 0 aromatic heterocycles. The summed E-state index contributed by atoms with van der Waals surface area (Å²) in [7, 11) is 1.43. The Bertz CT molecular complexity index is 386. The molecule has 0 aromatic carbocycles. The number of nitriles is 1. The minimum Gasteiger partial charge on any atom is -0.469 e. The second-order valence-electron chi connectivity index (χ2n) is 6.29. The zero-order valence-electron chi connectivity index (χ0n) is 13.8.